The van der Waals surface area contributed by atoms with Crippen LogP contribution in [0.3, 0.4) is 0 Å². The fourth-order valence-electron chi connectivity index (χ4n) is 1.74. The molecule has 1 rings (SSSR count). The molecule has 0 bridgehead atoms. The van der Waals surface area contributed by atoms with Gasteiger partial charge in [0.15, 0.2) is 0 Å². The van der Waals surface area contributed by atoms with Gasteiger partial charge in [-0.1, -0.05) is 31.5 Å². The predicted molar refractivity (Wildman–Crippen MR) is 85.3 cm³/mol. The second kappa shape index (κ2) is 8.59. The minimum Gasteiger partial charge on any atom is -0.329 e. The Hall–Kier alpha value is -0.550. The van der Waals surface area contributed by atoms with Crippen LogP contribution in [-0.4, -0.2) is 25.2 Å². The Labute approximate surface area is 121 Å². The number of benzene rings is 1. The average Bonchev–Trinajstić information content (AvgIpc) is 2.38. The van der Waals surface area contributed by atoms with E-state index >= 15 is 0 Å². The van der Waals surface area contributed by atoms with Crippen LogP contribution in [0.4, 0.5) is 0 Å². The van der Waals surface area contributed by atoms with Crippen molar-refractivity contribution in [3.05, 3.63) is 29.8 Å². The lowest BCUT2D eigenvalue weighted by atomic mass is 10.0. The van der Waals surface area contributed by atoms with Gasteiger partial charge in [0.05, 0.1) is 0 Å². The third-order valence-electron chi connectivity index (χ3n) is 3.14. The first kappa shape index (κ1) is 16.5. The molecule has 0 heterocycles. The van der Waals surface area contributed by atoms with Crippen LogP contribution in [0, 0.1) is 12.8 Å². The Balaban J connectivity index is 2.27. The molecule has 0 amide bonds. The molecule has 0 aliphatic carbocycles. The first-order chi connectivity index (χ1) is 9.02. The molecule has 2 atom stereocenters. The van der Waals surface area contributed by atoms with E-state index in [4.69, 9.17) is 5.73 Å². The van der Waals surface area contributed by atoms with E-state index in [9.17, 15) is 0 Å². The number of hydrogen-bond donors (Lipinski definition) is 3. The Morgan fingerprint density at radius 2 is 1.79 bits per heavy atom. The van der Waals surface area contributed by atoms with E-state index in [1.54, 1.807) is 11.9 Å². The molecule has 3 nitrogen and oxygen atoms in total. The fraction of sp³-hybridized carbons (Fsp3) is 0.600. The van der Waals surface area contributed by atoms with E-state index in [1.807, 2.05) is 0 Å². The zero-order valence-electron chi connectivity index (χ0n) is 12.4. The van der Waals surface area contributed by atoms with Crippen molar-refractivity contribution >= 4 is 11.9 Å². The van der Waals surface area contributed by atoms with Crippen molar-refractivity contribution in [2.45, 2.75) is 44.7 Å². The third kappa shape index (κ3) is 6.43. The topological polar surface area (TPSA) is 50.1 Å². The van der Waals surface area contributed by atoms with Gasteiger partial charge in [-0.15, -0.1) is 0 Å². The molecule has 0 saturated heterocycles. The van der Waals surface area contributed by atoms with Crippen LogP contribution in [0.15, 0.2) is 29.2 Å². The number of rotatable bonds is 8. The molecule has 19 heavy (non-hydrogen) atoms. The number of nitrogens with two attached hydrogens (primary N) is 1. The Bertz CT molecular complexity index is 351. The summed E-state index contributed by atoms with van der Waals surface area (Å²) in [5.41, 5.74) is 7.04. The van der Waals surface area contributed by atoms with Crippen molar-refractivity contribution in [1.29, 1.82) is 0 Å². The van der Waals surface area contributed by atoms with Crippen molar-refractivity contribution in [1.82, 2.24) is 10.0 Å². The molecule has 0 aliphatic heterocycles. The minimum atomic E-state index is 0.397. The van der Waals surface area contributed by atoms with Crippen molar-refractivity contribution in [2.75, 3.05) is 13.1 Å². The molecule has 0 aromatic heterocycles. The standard InChI is InChI=1S/C15H27N3S/c1-11(2)15(9-16)17-10-13(4)18-19-14-7-5-12(3)6-8-14/h5-8,11,13,15,17-18H,9-10,16H2,1-4H3. The molecule has 4 heteroatoms. The van der Waals surface area contributed by atoms with E-state index in [0.717, 1.165) is 6.54 Å². The molecular formula is C15H27N3S. The monoisotopic (exact) mass is 281 g/mol. The molecule has 0 radical (unpaired) electrons. The van der Waals surface area contributed by atoms with Gasteiger partial charge in [0.25, 0.3) is 0 Å². The van der Waals surface area contributed by atoms with Crippen molar-refractivity contribution in [3.63, 3.8) is 0 Å². The number of hydrogen-bond acceptors (Lipinski definition) is 4. The lowest BCUT2D eigenvalue weighted by Gasteiger charge is -2.23. The van der Waals surface area contributed by atoms with Crippen LogP contribution >= 0.6 is 11.9 Å². The molecular weight excluding hydrogens is 254 g/mol. The SMILES string of the molecule is Cc1ccc(SNC(C)CNC(CN)C(C)C)cc1. The second-order valence-corrected chi connectivity index (χ2v) is 6.34. The molecule has 0 fully saturated rings. The summed E-state index contributed by atoms with van der Waals surface area (Å²) in [7, 11) is 0. The lowest BCUT2D eigenvalue weighted by molar-refractivity contribution is 0.393. The highest BCUT2D eigenvalue weighted by atomic mass is 32.2. The first-order valence-corrected chi connectivity index (χ1v) is 7.77. The summed E-state index contributed by atoms with van der Waals surface area (Å²) in [4.78, 5) is 1.25. The second-order valence-electron chi connectivity index (χ2n) is 5.43. The summed E-state index contributed by atoms with van der Waals surface area (Å²) < 4.78 is 3.45. The highest BCUT2D eigenvalue weighted by molar-refractivity contribution is 7.97. The van der Waals surface area contributed by atoms with Gasteiger partial charge in [0, 0.05) is 30.1 Å². The van der Waals surface area contributed by atoms with Crippen LogP contribution in [0.5, 0.6) is 0 Å². The Morgan fingerprint density at radius 1 is 1.16 bits per heavy atom. The van der Waals surface area contributed by atoms with Gasteiger partial charge in [-0.3, -0.25) is 4.72 Å². The van der Waals surface area contributed by atoms with Crippen LogP contribution in [0.2, 0.25) is 0 Å². The maximum absolute atomic E-state index is 5.75. The average molecular weight is 281 g/mol. The molecule has 1 aromatic rings. The molecule has 0 spiro atoms. The van der Waals surface area contributed by atoms with Gasteiger partial charge in [0.1, 0.15) is 0 Å². The highest BCUT2D eigenvalue weighted by Crippen LogP contribution is 2.15. The largest absolute Gasteiger partial charge is 0.329 e. The zero-order chi connectivity index (χ0) is 14.3. The number of nitrogens with one attached hydrogen (secondary N) is 2. The van der Waals surface area contributed by atoms with Gasteiger partial charge >= 0.3 is 0 Å². The summed E-state index contributed by atoms with van der Waals surface area (Å²) in [6.07, 6.45) is 0. The minimum absolute atomic E-state index is 0.397. The van der Waals surface area contributed by atoms with Crippen LogP contribution < -0.4 is 15.8 Å². The first-order valence-electron chi connectivity index (χ1n) is 6.95. The molecule has 1 aromatic carbocycles. The summed E-state index contributed by atoms with van der Waals surface area (Å²) in [6.45, 7) is 10.3. The number of aryl methyl sites for hydroxylation is 1. The Kier molecular flexibility index (Phi) is 7.46. The van der Waals surface area contributed by atoms with Crippen LogP contribution in [-0.2, 0) is 0 Å². The van der Waals surface area contributed by atoms with E-state index < -0.39 is 0 Å². The van der Waals surface area contributed by atoms with Crippen molar-refractivity contribution in [2.24, 2.45) is 11.7 Å². The molecule has 0 saturated carbocycles. The smallest absolute Gasteiger partial charge is 0.0271 e. The summed E-state index contributed by atoms with van der Waals surface area (Å²) >= 11 is 1.68. The van der Waals surface area contributed by atoms with Gasteiger partial charge in [-0.25, -0.2) is 0 Å². The maximum atomic E-state index is 5.75. The molecule has 108 valence electrons. The fourth-order valence-corrected chi connectivity index (χ4v) is 2.43. The lowest BCUT2D eigenvalue weighted by Crippen LogP contribution is -2.45. The van der Waals surface area contributed by atoms with E-state index in [0.29, 0.717) is 24.5 Å². The van der Waals surface area contributed by atoms with E-state index in [2.05, 4.69) is 62.0 Å². The quantitative estimate of drug-likeness (QED) is 0.641. The summed E-state index contributed by atoms with van der Waals surface area (Å²) in [5, 5.41) is 3.51. The van der Waals surface area contributed by atoms with Crippen molar-refractivity contribution in [3.8, 4) is 0 Å². The van der Waals surface area contributed by atoms with Gasteiger partial charge < -0.3 is 11.1 Å². The normalized spacial score (nSPS) is 14.6. The predicted octanol–water partition coefficient (Wildman–Crippen LogP) is 2.55. The van der Waals surface area contributed by atoms with Gasteiger partial charge in [-0.05, 0) is 43.8 Å². The van der Waals surface area contributed by atoms with Gasteiger partial charge in [-0.2, -0.15) is 0 Å². The van der Waals surface area contributed by atoms with Crippen LogP contribution in [0.25, 0.3) is 0 Å². The van der Waals surface area contributed by atoms with Crippen molar-refractivity contribution < 1.29 is 0 Å². The maximum Gasteiger partial charge on any atom is 0.0271 e. The van der Waals surface area contributed by atoms with E-state index in [-0.39, 0.29) is 0 Å². The highest BCUT2D eigenvalue weighted by Gasteiger charge is 2.11. The van der Waals surface area contributed by atoms with Crippen LogP contribution in [0.1, 0.15) is 26.3 Å². The Morgan fingerprint density at radius 3 is 2.32 bits per heavy atom. The molecule has 0 aliphatic rings. The van der Waals surface area contributed by atoms with Gasteiger partial charge in [0.2, 0.25) is 0 Å². The zero-order valence-corrected chi connectivity index (χ0v) is 13.3. The summed E-state index contributed by atoms with van der Waals surface area (Å²) in [5.74, 6) is 0.571. The third-order valence-corrected chi connectivity index (χ3v) is 4.17. The summed E-state index contributed by atoms with van der Waals surface area (Å²) in [6, 6.07) is 9.35. The molecule has 4 N–H and O–H groups in total. The van der Waals surface area contributed by atoms with E-state index in [1.165, 1.54) is 10.5 Å². The molecule has 2 unspecified atom stereocenters.